The molecule has 2 rings (SSSR count). The van der Waals surface area contributed by atoms with Crippen LogP contribution >= 0.6 is 22.7 Å². The molecule has 1 N–H and O–H groups in total. The second kappa shape index (κ2) is 4.56. The number of aryl methyl sites for hydroxylation is 1. The van der Waals surface area contributed by atoms with Gasteiger partial charge in [0, 0.05) is 14.6 Å². The normalized spacial score (nSPS) is 13.9. The molecule has 2 heterocycles. The molecule has 1 atom stereocenters. The third kappa shape index (κ3) is 2.79. The lowest BCUT2D eigenvalue weighted by molar-refractivity contribution is 0.224. The quantitative estimate of drug-likeness (QED) is 0.848. The van der Waals surface area contributed by atoms with Gasteiger partial charge in [-0.15, -0.1) is 22.7 Å². The van der Waals surface area contributed by atoms with Crippen molar-refractivity contribution in [2.45, 2.75) is 39.2 Å². The minimum absolute atomic E-state index is 0.160. The number of hydrogen-bond acceptors (Lipinski definition) is 3. The lowest BCUT2D eigenvalue weighted by Crippen LogP contribution is -2.07. The maximum Gasteiger partial charge on any atom is 0.114 e. The van der Waals surface area contributed by atoms with Gasteiger partial charge in [-0.1, -0.05) is 20.8 Å². The summed E-state index contributed by atoms with van der Waals surface area (Å²) in [5.41, 5.74) is 1.17. The molecule has 2 aromatic rings. The van der Waals surface area contributed by atoms with Crippen LogP contribution in [0.1, 0.15) is 47.1 Å². The second-order valence-corrected chi connectivity index (χ2v) is 7.58. The predicted molar refractivity (Wildman–Crippen MR) is 76.1 cm³/mol. The van der Waals surface area contributed by atoms with E-state index < -0.39 is 6.10 Å². The van der Waals surface area contributed by atoms with Gasteiger partial charge in [0.2, 0.25) is 0 Å². The van der Waals surface area contributed by atoms with E-state index in [4.69, 9.17) is 0 Å². The van der Waals surface area contributed by atoms with Crippen LogP contribution in [0.4, 0.5) is 0 Å². The van der Waals surface area contributed by atoms with Gasteiger partial charge in [-0.25, -0.2) is 0 Å². The fourth-order valence-electron chi connectivity index (χ4n) is 1.67. The maximum absolute atomic E-state index is 10.3. The number of aliphatic hydroxyl groups excluding tert-OH is 1. The van der Waals surface area contributed by atoms with Crippen molar-refractivity contribution in [3.8, 4) is 0 Å². The standard InChI is InChI=1S/C14H18OS2/c1-9-7-10(8-16-9)13(15)11-5-6-12(17-11)14(2,3)4/h5-8,13,15H,1-4H3. The van der Waals surface area contributed by atoms with Crippen molar-refractivity contribution in [1.29, 1.82) is 0 Å². The molecule has 0 saturated carbocycles. The van der Waals surface area contributed by atoms with Crippen LogP contribution in [-0.4, -0.2) is 5.11 Å². The smallest absolute Gasteiger partial charge is 0.114 e. The molecular weight excluding hydrogens is 248 g/mol. The molecule has 0 aliphatic carbocycles. The Hall–Kier alpha value is -0.640. The van der Waals surface area contributed by atoms with Gasteiger partial charge in [0.15, 0.2) is 0 Å². The summed E-state index contributed by atoms with van der Waals surface area (Å²) in [6.07, 6.45) is -0.471. The van der Waals surface area contributed by atoms with Gasteiger partial charge in [-0.3, -0.25) is 0 Å². The number of aliphatic hydroxyl groups is 1. The van der Waals surface area contributed by atoms with E-state index in [-0.39, 0.29) is 5.41 Å². The van der Waals surface area contributed by atoms with E-state index in [1.165, 1.54) is 9.75 Å². The van der Waals surface area contributed by atoms with Gasteiger partial charge in [-0.2, -0.15) is 0 Å². The van der Waals surface area contributed by atoms with Crippen LogP contribution in [0.5, 0.6) is 0 Å². The molecule has 2 aromatic heterocycles. The number of thiophene rings is 2. The minimum atomic E-state index is -0.471. The Bertz CT molecular complexity index is 502. The lowest BCUT2D eigenvalue weighted by Gasteiger charge is -2.15. The molecular formula is C14H18OS2. The predicted octanol–water partition coefficient (Wildman–Crippen LogP) is 4.50. The zero-order valence-electron chi connectivity index (χ0n) is 10.7. The topological polar surface area (TPSA) is 20.2 Å². The molecule has 0 aromatic carbocycles. The van der Waals surface area contributed by atoms with Gasteiger partial charge in [-0.05, 0) is 41.5 Å². The summed E-state index contributed by atoms with van der Waals surface area (Å²) in [5, 5.41) is 12.3. The van der Waals surface area contributed by atoms with E-state index >= 15 is 0 Å². The summed E-state index contributed by atoms with van der Waals surface area (Å²) in [7, 11) is 0. The minimum Gasteiger partial charge on any atom is -0.383 e. The van der Waals surface area contributed by atoms with Crippen molar-refractivity contribution in [1.82, 2.24) is 0 Å². The molecule has 0 aliphatic rings. The van der Waals surface area contributed by atoms with E-state index in [1.807, 2.05) is 11.4 Å². The first kappa shape index (κ1) is 12.8. The van der Waals surface area contributed by atoms with Crippen molar-refractivity contribution >= 4 is 22.7 Å². The van der Waals surface area contributed by atoms with Gasteiger partial charge < -0.3 is 5.11 Å². The Balaban J connectivity index is 2.26. The average molecular weight is 266 g/mol. The molecule has 0 aliphatic heterocycles. The molecule has 0 radical (unpaired) electrons. The van der Waals surface area contributed by atoms with Crippen molar-refractivity contribution in [3.05, 3.63) is 43.8 Å². The van der Waals surface area contributed by atoms with Crippen molar-refractivity contribution in [2.24, 2.45) is 0 Å². The highest BCUT2D eigenvalue weighted by atomic mass is 32.1. The summed E-state index contributed by atoms with van der Waals surface area (Å²) in [6, 6.07) is 6.23. The summed E-state index contributed by atoms with van der Waals surface area (Å²) >= 11 is 3.39. The monoisotopic (exact) mass is 266 g/mol. The molecule has 0 saturated heterocycles. The van der Waals surface area contributed by atoms with Crippen LogP contribution in [0.25, 0.3) is 0 Å². The molecule has 0 spiro atoms. The maximum atomic E-state index is 10.3. The molecule has 17 heavy (non-hydrogen) atoms. The Morgan fingerprint density at radius 3 is 2.41 bits per heavy atom. The van der Waals surface area contributed by atoms with Crippen LogP contribution in [0, 0.1) is 6.92 Å². The molecule has 92 valence electrons. The van der Waals surface area contributed by atoms with Crippen LogP contribution in [0.3, 0.4) is 0 Å². The number of rotatable bonds is 2. The van der Waals surface area contributed by atoms with Crippen molar-refractivity contribution in [2.75, 3.05) is 0 Å². The van der Waals surface area contributed by atoms with E-state index in [0.717, 1.165) is 10.4 Å². The Morgan fingerprint density at radius 1 is 1.24 bits per heavy atom. The summed E-state index contributed by atoms with van der Waals surface area (Å²) < 4.78 is 0. The molecule has 1 unspecified atom stereocenters. The van der Waals surface area contributed by atoms with E-state index in [1.54, 1.807) is 22.7 Å². The lowest BCUT2D eigenvalue weighted by atomic mass is 9.95. The molecule has 3 heteroatoms. The first-order valence-electron chi connectivity index (χ1n) is 5.71. The molecule has 1 nitrogen and oxygen atoms in total. The van der Waals surface area contributed by atoms with E-state index in [0.29, 0.717) is 0 Å². The number of hydrogen-bond donors (Lipinski definition) is 1. The van der Waals surface area contributed by atoms with E-state index in [9.17, 15) is 5.11 Å². The average Bonchev–Trinajstić information content (AvgIpc) is 2.83. The van der Waals surface area contributed by atoms with Crippen LogP contribution < -0.4 is 0 Å². The highest BCUT2D eigenvalue weighted by molar-refractivity contribution is 7.12. The van der Waals surface area contributed by atoms with Gasteiger partial charge in [0.1, 0.15) is 6.10 Å². The van der Waals surface area contributed by atoms with Gasteiger partial charge >= 0.3 is 0 Å². The van der Waals surface area contributed by atoms with Crippen LogP contribution in [0.2, 0.25) is 0 Å². The Labute approximate surface area is 111 Å². The third-order valence-electron chi connectivity index (χ3n) is 2.70. The molecule has 0 amide bonds. The SMILES string of the molecule is Cc1cc(C(O)c2ccc(C(C)(C)C)s2)cs1. The summed E-state index contributed by atoms with van der Waals surface area (Å²) in [5.74, 6) is 0. The largest absolute Gasteiger partial charge is 0.383 e. The Kier molecular flexibility index (Phi) is 3.43. The van der Waals surface area contributed by atoms with Crippen molar-refractivity contribution in [3.63, 3.8) is 0 Å². The fourth-order valence-corrected chi connectivity index (χ4v) is 3.48. The zero-order chi connectivity index (χ0) is 12.6. The first-order valence-corrected chi connectivity index (χ1v) is 7.41. The first-order chi connectivity index (χ1) is 7.88. The third-order valence-corrected chi connectivity index (χ3v) is 5.15. The van der Waals surface area contributed by atoms with Crippen molar-refractivity contribution < 1.29 is 5.11 Å². The highest BCUT2D eigenvalue weighted by Crippen LogP contribution is 2.35. The van der Waals surface area contributed by atoms with E-state index in [2.05, 4.69) is 39.8 Å². The van der Waals surface area contributed by atoms with Crippen LogP contribution in [-0.2, 0) is 5.41 Å². The highest BCUT2D eigenvalue weighted by Gasteiger charge is 2.19. The zero-order valence-corrected chi connectivity index (χ0v) is 12.3. The van der Waals surface area contributed by atoms with Gasteiger partial charge in [0.05, 0.1) is 0 Å². The van der Waals surface area contributed by atoms with Crippen LogP contribution in [0.15, 0.2) is 23.6 Å². The summed E-state index contributed by atoms with van der Waals surface area (Å²) in [6.45, 7) is 8.66. The second-order valence-electron chi connectivity index (χ2n) is 5.35. The molecule has 0 fully saturated rings. The Morgan fingerprint density at radius 2 is 1.94 bits per heavy atom. The van der Waals surface area contributed by atoms with Gasteiger partial charge in [0.25, 0.3) is 0 Å². The fraction of sp³-hybridized carbons (Fsp3) is 0.429. The summed E-state index contributed by atoms with van der Waals surface area (Å²) in [4.78, 5) is 3.60. The molecule has 0 bridgehead atoms.